The van der Waals surface area contributed by atoms with Crippen LogP contribution in [0.1, 0.15) is 30.9 Å². The van der Waals surface area contributed by atoms with Gasteiger partial charge in [0, 0.05) is 13.1 Å². The summed E-state index contributed by atoms with van der Waals surface area (Å²) >= 11 is 0. The van der Waals surface area contributed by atoms with Crippen molar-refractivity contribution in [2.75, 3.05) is 19.6 Å². The summed E-state index contributed by atoms with van der Waals surface area (Å²) in [4.78, 5) is 25.8. The number of rotatable bonds is 4. The van der Waals surface area contributed by atoms with Crippen LogP contribution in [0.4, 0.5) is 0 Å². The van der Waals surface area contributed by atoms with Gasteiger partial charge in [-0.1, -0.05) is 31.2 Å². The Morgan fingerprint density at radius 2 is 1.90 bits per heavy atom. The van der Waals surface area contributed by atoms with Gasteiger partial charge in [0.05, 0.1) is 13.0 Å². The van der Waals surface area contributed by atoms with E-state index in [1.165, 1.54) is 0 Å². The van der Waals surface area contributed by atoms with Gasteiger partial charge in [-0.15, -0.1) is 0 Å². The van der Waals surface area contributed by atoms with Crippen LogP contribution >= 0.6 is 0 Å². The first-order valence-electron chi connectivity index (χ1n) is 7.65. The third-order valence-electron chi connectivity index (χ3n) is 4.19. The molecule has 2 amide bonds. The maximum atomic E-state index is 12.0. The van der Waals surface area contributed by atoms with Crippen LogP contribution in [0.15, 0.2) is 24.3 Å². The predicted octanol–water partition coefficient (Wildman–Crippen LogP) is 1.91. The smallest absolute Gasteiger partial charge is 0.241 e. The largest absolute Gasteiger partial charge is 0.347 e. The molecule has 0 spiro atoms. The molecule has 0 atom stereocenters. The van der Waals surface area contributed by atoms with E-state index in [0.717, 1.165) is 37.1 Å². The summed E-state index contributed by atoms with van der Waals surface area (Å²) in [5.74, 6) is 0.632. The number of nitrogens with zero attached hydrogens (tertiary/aromatic N) is 1. The standard InChI is InChI=1S/C17H24N2O2/c1-13-7-9-19(10-8-13)17(21)12-18-16(20)11-15-6-4-3-5-14(15)2/h3-6,13H,7-12H2,1-2H3,(H,18,20). The third kappa shape index (κ3) is 4.59. The number of likely N-dealkylation sites (tertiary alicyclic amines) is 1. The van der Waals surface area contributed by atoms with Crippen LogP contribution in [0.3, 0.4) is 0 Å². The summed E-state index contributed by atoms with van der Waals surface area (Å²) in [5.41, 5.74) is 2.11. The van der Waals surface area contributed by atoms with Gasteiger partial charge in [0.1, 0.15) is 0 Å². The molecule has 4 heteroatoms. The lowest BCUT2D eigenvalue weighted by molar-refractivity contribution is -0.133. The van der Waals surface area contributed by atoms with E-state index < -0.39 is 0 Å². The first-order valence-corrected chi connectivity index (χ1v) is 7.65. The van der Waals surface area contributed by atoms with Crippen molar-refractivity contribution < 1.29 is 9.59 Å². The van der Waals surface area contributed by atoms with Gasteiger partial charge < -0.3 is 10.2 Å². The number of aryl methyl sites for hydroxylation is 1. The molecule has 4 nitrogen and oxygen atoms in total. The van der Waals surface area contributed by atoms with E-state index >= 15 is 0 Å². The highest BCUT2D eigenvalue weighted by Crippen LogP contribution is 2.15. The number of carbonyl (C=O) groups is 2. The van der Waals surface area contributed by atoms with Crippen LogP contribution in [0.5, 0.6) is 0 Å². The highest BCUT2D eigenvalue weighted by Gasteiger charge is 2.20. The molecule has 114 valence electrons. The third-order valence-corrected chi connectivity index (χ3v) is 4.19. The summed E-state index contributed by atoms with van der Waals surface area (Å²) in [6, 6.07) is 7.82. The molecule has 0 aromatic heterocycles. The molecular formula is C17H24N2O2. The number of piperidine rings is 1. The fourth-order valence-corrected chi connectivity index (χ4v) is 2.59. The highest BCUT2D eigenvalue weighted by atomic mass is 16.2. The minimum absolute atomic E-state index is 0.0278. The second-order valence-corrected chi connectivity index (χ2v) is 5.94. The van der Waals surface area contributed by atoms with E-state index in [1.807, 2.05) is 36.1 Å². The zero-order valence-corrected chi connectivity index (χ0v) is 12.9. The fraction of sp³-hybridized carbons (Fsp3) is 0.529. The number of amides is 2. The molecule has 1 heterocycles. The van der Waals surface area contributed by atoms with Crippen molar-refractivity contribution in [3.8, 4) is 0 Å². The number of benzene rings is 1. The molecule has 0 radical (unpaired) electrons. The van der Waals surface area contributed by atoms with Gasteiger partial charge in [-0.05, 0) is 36.8 Å². The molecule has 2 rings (SSSR count). The SMILES string of the molecule is Cc1ccccc1CC(=O)NCC(=O)N1CCC(C)CC1. The van der Waals surface area contributed by atoms with Gasteiger partial charge in [-0.2, -0.15) is 0 Å². The van der Waals surface area contributed by atoms with E-state index in [0.29, 0.717) is 12.3 Å². The summed E-state index contributed by atoms with van der Waals surface area (Å²) in [5, 5.41) is 2.74. The van der Waals surface area contributed by atoms with Crippen LogP contribution in [-0.2, 0) is 16.0 Å². The second-order valence-electron chi connectivity index (χ2n) is 5.94. The zero-order valence-electron chi connectivity index (χ0n) is 12.9. The number of nitrogens with one attached hydrogen (secondary N) is 1. The molecule has 1 N–H and O–H groups in total. The minimum Gasteiger partial charge on any atom is -0.347 e. The molecule has 1 saturated heterocycles. The minimum atomic E-state index is -0.0944. The number of hydrogen-bond donors (Lipinski definition) is 1. The van der Waals surface area contributed by atoms with Crippen LogP contribution in [0.25, 0.3) is 0 Å². The quantitative estimate of drug-likeness (QED) is 0.920. The fourth-order valence-electron chi connectivity index (χ4n) is 2.59. The summed E-state index contributed by atoms with van der Waals surface area (Å²) in [6.45, 7) is 5.94. The van der Waals surface area contributed by atoms with E-state index in [2.05, 4.69) is 12.2 Å². The molecule has 1 aromatic carbocycles. The molecule has 0 saturated carbocycles. The van der Waals surface area contributed by atoms with E-state index in [9.17, 15) is 9.59 Å². The Balaban J connectivity index is 1.76. The molecule has 0 unspecified atom stereocenters. The molecular weight excluding hydrogens is 264 g/mol. The molecule has 1 aliphatic rings. The topological polar surface area (TPSA) is 49.4 Å². The summed E-state index contributed by atoms with van der Waals surface area (Å²) < 4.78 is 0. The Morgan fingerprint density at radius 1 is 1.24 bits per heavy atom. The summed E-state index contributed by atoms with van der Waals surface area (Å²) in [7, 11) is 0. The summed E-state index contributed by atoms with van der Waals surface area (Å²) in [6.07, 6.45) is 2.45. The van der Waals surface area contributed by atoms with Gasteiger partial charge in [-0.3, -0.25) is 9.59 Å². The van der Waals surface area contributed by atoms with Crippen molar-refractivity contribution >= 4 is 11.8 Å². The first-order chi connectivity index (χ1) is 10.1. The lowest BCUT2D eigenvalue weighted by Crippen LogP contribution is -2.44. The van der Waals surface area contributed by atoms with Crippen LogP contribution < -0.4 is 5.32 Å². The van der Waals surface area contributed by atoms with Gasteiger partial charge in [0.15, 0.2) is 0 Å². The molecule has 1 aromatic rings. The highest BCUT2D eigenvalue weighted by molar-refractivity contribution is 5.85. The number of carbonyl (C=O) groups excluding carboxylic acids is 2. The normalized spacial score (nSPS) is 15.8. The van der Waals surface area contributed by atoms with Crippen LogP contribution in [-0.4, -0.2) is 36.3 Å². The Labute approximate surface area is 126 Å². The molecule has 0 aliphatic carbocycles. The molecule has 21 heavy (non-hydrogen) atoms. The molecule has 1 aliphatic heterocycles. The first kappa shape index (κ1) is 15.5. The Bertz CT molecular complexity index is 505. The maximum Gasteiger partial charge on any atom is 0.241 e. The lowest BCUT2D eigenvalue weighted by atomic mass is 9.99. The van der Waals surface area contributed by atoms with Crippen LogP contribution in [0.2, 0.25) is 0 Å². The Kier molecular flexibility index (Phi) is 5.37. The van der Waals surface area contributed by atoms with Gasteiger partial charge in [-0.25, -0.2) is 0 Å². The van der Waals surface area contributed by atoms with Crippen molar-refractivity contribution in [1.29, 1.82) is 0 Å². The molecule has 1 fully saturated rings. The monoisotopic (exact) mass is 288 g/mol. The van der Waals surface area contributed by atoms with Crippen molar-refractivity contribution in [2.24, 2.45) is 5.92 Å². The van der Waals surface area contributed by atoms with Crippen molar-refractivity contribution in [3.05, 3.63) is 35.4 Å². The predicted molar refractivity (Wildman–Crippen MR) is 82.9 cm³/mol. The maximum absolute atomic E-state index is 12.0. The van der Waals surface area contributed by atoms with Crippen molar-refractivity contribution in [1.82, 2.24) is 10.2 Å². The zero-order chi connectivity index (χ0) is 15.2. The van der Waals surface area contributed by atoms with Gasteiger partial charge >= 0.3 is 0 Å². The Hall–Kier alpha value is -1.84. The second kappa shape index (κ2) is 7.25. The molecule has 0 bridgehead atoms. The van der Waals surface area contributed by atoms with Gasteiger partial charge in [0.25, 0.3) is 0 Å². The number of hydrogen-bond acceptors (Lipinski definition) is 2. The van der Waals surface area contributed by atoms with Crippen LogP contribution in [0, 0.1) is 12.8 Å². The van der Waals surface area contributed by atoms with E-state index in [1.54, 1.807) is 0 Å². The van der Waals surface area contributed by atoms with Crippen molar-refractivity contribution in [2.45, 2.75) is 33.1 Å². The lowest BCUT2D eigenvalue weighted by Gasteiger charge is -2.30. The Morgan fingerprint density at radius 3 is 2.57 bits per heavy atom. The van der Waals surface area contributed by atoms with E-state index in [4.69, 9.17) is 0 Å². The average Bonchev–Trinajstić information content (AvgIpc) is 2.48. The van der Waals surface area contributed by atoms with Gasteiger partial charge in [0.2, 0.25) is 11.8 Å². The van der Waals surface area contributed by atoms with E-state index in [-0.39, 0.29) is 18.4 Å². The average molecular weight is 288 g/mol. The van der Waals surface area contributed by atoms with Crippen molar-refractivity contribution in [3.63, 3.8) is 0 Å².